The second-order valence-corrected chi connectivity index (χ2v) is 9.46. The van der Waals surface area contributed by atoms with Gasteiger partial charge >= 0.3 is 0 Å². The van der Waals surface area contributed by atoms with E-state index in [1.807, 2.05) is 4.90 Å². The van der Waals surface area contributed by atoms with Gasteiger partial charge < -0.3 is 4.90 Å². The average Bonchev–Trinajstić information content (AvgIpc) is 2.91. The molecular weight excluding hydrogens is 350 g/mol. The molecule has 5 aliphatic heterocycles. The molecule has 0 radical (unpaired) electrons. The summed E-state index contributed by atoms with van der Waals surface area (Å²) in [5, 5.41) is 0. The molecule has 1 aromatic carbocycles. The van der Waals surface area contributed by atoms with E-state index >= 15 is 0 Å². The second-order valence-electron chi connectivity index (χ2n) is 9.46. The molecular formula is C23H31N3O2. The summed E-state index contributed by atoms with van der Waals surface area (Å²) in [5.41, 5.74) is 2.03. The minimum absolute atomic E-state index is 0.193. The number of fused-ring (bicyclic) bond motifs is 1. The molecule has 4 saturated heterocycles. The molecule has 0 atom stereocenters. The lowest BCUT2D eigenvalue weighted by atomic mass is 9.57. The number of hydrogen-bond donors (Lipinski definition) is 0. The Bertz CT molecular complexity index is 835. The van der Waals surface area contributed by atoms with E-state index in [1.54, 1.807) is 0 Å². The average molecular weight is 382 g/mol. The lowest BCUT2D eigenvalue weighted by Crippen LogP contribution is -2.84. The lowest BCUT2D eigenvalue weighted by Gasteiger charge is -2.69. The fraction of sp³-hybridized carbons (Fsp3) is 0.652. The van der Waals surface area contributed by atoms with Crippen LogP contribution in [-0.2, 0) is 15.3 Å². The summed E-state index contributed by atoms with van der Waals surface area (Å²) >= 11 is 0. The first-order valence-corrected chi connectivity index (χ1v) is 10.9. The molecule has 0 N–H and O–H groups in total. The van der Waals surface area contributed by atoms with Crippen LogP contribution in [0.3, 0.4) is 0 Å². The van der Waals surface area contributed by atoms with Crippen molar-refractivity contribution in [2.24, 2.45) is 10.8 Å². The van der Waals surface area contributed by atoms with Crippen molar-refractivity contribution in [1.29, 1.82) is 0 Å². The predicted molar refractivity (Wildman–Crippen MR) is 109 cm³/mol. The Morgan fingerprint density at radius 1 is 0.929 bits per heavy atom. The van der Waals surface area contributed by atoms with Gasteiger partial charge in [0.15, 0.2) is 5.66 Å². The molecule has 5 nitrogen and oxygen atoms in total. The number of amides is 1. The van der Waals surface area contributed by atoms with E-state index in [1.165, 1.54) is 5.56 Å². The largest absolute Gasteiger partial charge is 0.309 e. The highest BCUT2D eigenvalue weighted by Crippen LogP contribution is 2.60. The van der Waals surface area contributed by atoms with Gasteiger partial charge in [-0.05, 0) is 32.3 Å². The van der Waals surface area contributed by atoms with Crippen LogP contribution in [0.15, 0.2) is 18.2 Å². The maximum Gasteiger partial charge on any atom is 0.267 e. The number of Topliss-reactive ketones (excluding diaryl/α,β-unsaturated/α-hetero) is 1. The summed E-state index contributed by atoms with van der Waals surface area (Å²) in [4.78, 5) is 34.2. The number of hydrogen-bond acceptors (Lipinski definition) is 4. The molecule has 1 aromatic rings. The zero-order valence-corrected chi connectivity index (χ0v) is 17.5. The first kappa shape index (κ1) is 18.3. The molecule has 150 valence electrons. The van der Waals surface area contributed by atoms with Gasteiger partial charge in [-0.2, -0.15) is 0 Å². The normalized spacial score (nSPS) is 40.6. The Kier molecular flexibility index (Phi) is 3.71. The van der Waals surface area contributed by atoms with E-state index in [0.717, 1.165) is 37.1 Å². The van der Waals surface area contributed by atoms with Crippen molar-refractivity contribution in [1.82, 2.24) is 9.80 Å². The minimum atomic E-state index is -0.714. The van der Waals surface area contributed by atoms with Gasteiger partial charge in [0.05, 0.1) is 16.5 Å². The summed E-state index contributed by atoms with van der Waals surface area (Å²) in [6.07, 6.45) is 2.64. The number of rotatable bonds is 4. The van der Waals surface area contributed by atoms with Gasteiger partial charge in [-0.15, -0.1) is 0 Å². The monoisotopic (exact) mass is 381 g/mol. The molecule has 0 saturated carbocycles. The maximum absolute atomic E-state index is 14.0. The van der Waals surface area contributed by atoms with Crippen LogP contribution in [0.25, 0.3) is 0 Å². The Hall–Kier alpha value is -1.72. The Balaban J connectivity index is 1.72. The maximum atomic E-state index is 14.0. The van der Waals surface area contributed by atoms with Crippen molar-refractivity contribution in [3.63, 3.8) is 0 Å². The van der Waals surface area contributed by atoms with E-state index in [0.29, 0.717) is 32.0 Å². The first-order chi connectivity index (χ1) is 13.4. The number of nitrogens with zero attached hydrogens (tertiary/aromatic N) is 3. The third-order valence-corrected chi connectivity index (χ3v) is 8.02. The van der Waals surface area contributed by atoms with Gasteiger partial charge in [0.25, 0.3) is 5.91 Å². The standard InChI is InChI=1S/C23H31N3O2/c1-5-10-26-18-9-8-16(4)11-17(18)23(20(26)28)24-12-21(6-2)13-25(23)15-22(7-3,14-24)19(21)27/h8-9,11H,5-7,10,12-15H2,1-4H3. The molecule has 5 heteroatoms. The third kappa shape index (κ3) is 1.85. The molecule has 6 rings (SSSR count). The quantitative estimate of drug-likeness (QED) is 0.804. The molecule has 0 aliphatic carbocycles. The summed E-state index contributed by atoms with van der Waals surface area (Å²) in [5.74, 6) is 0.645. The van der Waals surface area contributed by atoms with Crippen molar-refractivity contribution >= 4 is 17.4 Å². The van der Waals surface area contributed by atoms with Gasteiger partial charge in [-0.25, -0.2) is 0 Å². The molecule has 0 unspecified atom stereocenters. The summed E-state index contributed by atoms with van der Waals surface area (Å²) in [7, 11) is 0. The number of ketones is 1. The van der Waals surface area contributed by atoms with Crippen LogP contribution in [-0.4, -0.2) is 54.2 Å². The zero-order valence-electron chi connectivity index (χ0n) is 17.5. The Morgan fingerprint density at radius 2 is 1.50 bits per heavy atom. The van der Waals surface area contributed by atoms with Crippen LogP contribution in [0.1, 0.15) is 51.2 Å². The molecule has 28 heavy (non-hydrogen) atoms. The minimum Gasteiger partial charge on any atom is -0.309 e. The molecule has 1 spiro atoms. The van der Waals surface area contributed by atoms with E-state index in [-0.39, 0.29) is 16.7 Å². The Morgan fingerprint density at radius 3 is 2.00 bits per heavy atom. The number of piperidine rings is 2. The molecule has 5 heterocycles. The van der Waals surface area contributed by atoms with E-state index in [2.05, 4.69) is 55.7 Å². The number of aryl methyl sites for hydroxylation is 1. The van der Waals surface area contributed by atoms with Crippen LogP contribution < -0.4 is 4.90 Å². The van der Waals surface area contributed by atoms with Crippen LogP contribution >= 0.6 is 0 Å². The fourth-order valence-electron chi connectivity index (χ4n) is 6.58. The highest BCUT2D eigenvalue weighted by atomic mass is 16.2. The van der Waals surface area contributed by atoms with Crippen molar-refractivity contribution in [2.75, 3.05) is 37.6 Å². The van der Waals surface area contributed by atoms with Crippen LogP contribution in [0.2, 0.25) is 0 Å². The predicted octanol–water partition coefficient (Wildman–Crippen LogP) is 2.91. The van der Waals surface area contributed by atoms with Gasteiger partial charge in [0, 0.05) is 38.3 Å². The highest BCUT2D eigenvalue weighted by molar-refractivity contribution is 6.08. The first-order valence-electron chi connectivity index (χ1n) is 10.9. The molecule has 1 amide bonds. The third-order valence-electron chi connectivity index (χ3n) is 8.02. The van der Waals surface area contributed by atoms with Gasteiger partial charge in [-0.3, -0.25) is 19.4 Å². The number of anilines is 1. The summed E-state index contributed by atoms with van der Waals surface area (Å²) < 4.78 is 0. The highest BCUT2D eigenvalue weighted by Gasteiger charge is 2.73. The van der Waals surface area contributed by atoms with E-state index in [4.69, 9.17) is 0 Å². The SMILES string of the molecule is CCCN1C(=O)C2(c3cc(C)ccc31)N1CC3(CC)CN2CC(CC)(C1)C3=O. The number of carbonyl (C=O) groups excluding carboxylic acids is 2. The zero-order chi connectivity index (χ0) is 19.9. The van der Waals surface area contributed by atoms with Crippen molar-refractivity contribution in [2.45, 2.75) is 52.6 Å². The van der Waals surface area contributed by atoms with E-state index < -0.39 is 5.66 Å². The fourth-order valence-corrected chi connectivity index (χ4v) is 6.58. The summed E-state index contributed by atoms with van der Waals surface area (Å²) in [6, 6.07) is 6.44. The van der Waals surface area contributed by atoms with Crippen LogP contribution in [0, 0.1) is 17.8 Å². The second kappa shape index (κ2) is 5.67. The van der Waals surface area contributed by atoms with Crippen molar-refractivity contribution in [3.05, 3.63) is 29.3 Å². The molecule has 4 fully saturated rings. The summed E-state index contributed by atoms with van der Waals surface area (Å²) in [6.45, 7) is 12.1. The van der Waals surface area contributed by atoms with Gasteiger partial charge in [0.2, 0.25) is 0 Å². The van der Waals surface area contributed by atoms with Crippen molar-refractivity contribution < 1.29 is 9.59 Å². The van der Waals surface area contributed by atoms with Crippen molar-refractivity contribution in [3.8, 4) is 0 Å². The van der Waals surface area contributed by atoms with Gasteiger partial charge in [0.1, 0.15) is 5.78 Å². The topological polar surface area (TPSA) is 43.9 Å². The molecule has 4 bridgehead atoms. The molecule has 0 aromatic heterocycles. The smallest absolute Gasteiger partial charge is 0.267 e. The number of benzene rings is 1. The Labute approximate surface area is 167 Å². The lowest BCUT2D eigenvalue weighted by molar-refractivity contribution is -0.234. The van der Waals surface area contributed by atoms with Crippen LogP contribution in [0.4, 0.5) is 5.69 Å². The molecule has 5 aliphatic rings. The van der Waals surface area contributed by atoms with Gasteiger partial charge in [-0.1, -0.05) is 38.5 Å². The van der Waals surface area contributed by atoms with Crippen LogP contribution in [0.5, 0.6) is 0 Å². The number of carbonyl (C=O) groups is 2. The van der Waals surface area contributed by atoms with E-state index in [9.17, 15) is 9.59 Å².